The van der Waals surface area contributed by atoms with Gasteiger partial charge in [0.25, 0.3) is 0 Å². The van der Waals surface area contributed by atoms with Crippen LogP contribution in [0, 0.1) is 6.92 Å². The molecule has 2 N–H and O–H groups in total. The summed E-state index contributed by atoms with van der Waals surface area (Å²) in [6.45, 7) is 1.78. The SMILES string of the molecule is Cc1[nH]ncc1S(=O)(=O)N(C)CCCC(=O)O. The number of nitrogens with one attached hydrogen (secondary N) is 1. The lowest BCUT2D eigenvalue weighted by atomic mass is 10.3. The summed E-state index contributed by atoms with van der Waals surface area (Å²) < 4.78 is 25.1. The zero-order valence-corrected chi connectivity index (χ0v) is 10.5. The Bertz CT molecular complexity index is 494. The molecule has 1 aromatic heterocycles. The molecule has 7 nitrogen and oxygen atoms in total. The van der Waals surface area contributed by atoms with Gasteiger partial charge in [-0.15, -0.1) is 0 Å². The van der Waals surface area contributed by atoms with Gasteiger partial charge < -0.3 is 5.11 Å². The van der Waals surface area contributed by atoms with Gasteiger partial charge in [0.2, 0.25) is 10.0 Å². The molecular weight excluding hydrogens is 246 g/mol. The van der Waals surface area contributed by atoms with Crippen molar-refractivity contribution in [1.29, 1.82) is 0 Å². The van der Waals surface area contributed by atoms with Gasteiger partial charge in [0.15, 0.2) is 0 Å². The fourth-order valence-corrected chi connectivity index (χ4v) is 2.66. The molecule has 8 heteroatoms. The number of carboxylic acid groups (broad SMARTS) is 1. The second-order valence-electron chi connectivity index (χ2n) is 3.68. The van der Waals surface area contributed by atoms with Gasteiger partial charge in [0.1, 0.15) is 4.90 Å². The van der Waals surface area contributed by atoms with Gasteiger partial charge >= 0.3 is 5.97 Å². The minimum Gasteiger partial charge on any atom is -0.481 e. The van der Waals surface area contributed by atoms with Crippen molar-refractivity contribution in [3.05, 3.63) is 11.9 Å². The summed E-state index contributed by atoms with van der Waals surface area (Å²) in [4.78, 5) is 10.5. The topological polar surface area (TPSA) is 103 Å². The smallest absolute Gasteiger partial charge is 0.303 e. The minimum atomic E-state index is -3.58. The number of aromatic amines is 1. The first kappa shape index (κ1) is 13.7. The standard InChI is InChI=1S/C9H15N3O4S/c1-7-8(6-10-11-7)17(15,16)12(2)5-3-4-9(13)14/h6H,3-5H2,1-2H3,(H,10,11)(H,13,14). The Morgan fingerprint density at radius 1 is 1.59 bits per heavy atom. The Kier molecular flexibility index (Phi) is 4.24. The quantitative estimate of drug-likeness (QED) is 0.761. The number of carbonyl (C=O) groups is 1. The highest BCUT2D eigenvalue weighted by molar-refractivity contribution is 7.89. The highest BCUT2D eigenvalue weighted by Gasteiger charge is 2.23. The first-order valence-corrected chi connectivity index (χ1v) is 6.48. The van der Waals surface area contributed by atoms with Gasteiger partial charge in [-0.3, -0.25) is 9.89 Å². The van der Waals surface area contributed by atoms with Crippen LogP contribution in [0.1, 0.15) is 18.5 Å². The van der Waals surface area contributed by atoms with Crippen LogP contribution in [-0.2, 0) is 14.8 Å². The van der Waals surface area contributed by atoms with Crippen LogP contribution in [0.4, 0.5) is 0 Å². The Labute approximate surface area is 99.5 Å². The van der Waals surface area contributed by atoms with E-state index in [1.165, 1.54) is 13.2 Å². The minimum absolute atomic E-state index is 0.0514. The van der Waals surface area contributed by atoms with E-state index in [4.69, 9.17) is 5.11 Å². The largest absolute Gasteiger partial charge is 0.481 e. The van der Waals surface area contributed by atoms with Crippen molar-refractivity contribution in [2.45, 2.75) is 24.7 Å². The Hall–Kier alpha value is -1.41. The Morgan fingerprint density at radius 2 is 2.24 bits per heavy atom. The van der Waals surface area contributed by atoms with Crippen LogP contribution in [0.5, 0.6) is 0 Å². The fourth-order valence-electron chi connectivity index (χ4n) is 1.34. The van der Waals surface area contributed by atoms with E-state index in [1.807, 2.05) is 0 Å². The summed E-state index contributed by atoms with van der Waals surface area (Å²) >= 11 is 0. The second kappa shape index (κ2) is 5.28. The maximum atomic E-state index is 12.0. The van der Waals surface area contributed by atoms with E-state index in [1.54, 1.807) is 6.92 Å². The molecule has 1 rings (SSSR count). The average Bonchev–Trinajstić information content (AvgIpc) is 2.64. The number of nitrogens with zero attached hydrogens (tertiary/aromatic N) is 2. The summed E-state index contributed by atoms with van der Waals surface area (Å²) in [5.41, 5.74) is 0.468. The maximum absolute atomic E-state index is 12.0. The molecule has 0 atom stereocenters. The number of hydrogen-bond acceptors (Lipinski definition) is 4. The van der Waals surface area contributed by atoms with Crippen molar-refractivity contribution in [3.8, 4) is 0 Å². The molecule has 1 aromatic rings. The Balaban J connectivity index is 2.71. The van der Waals surface area contributed by atoms with Crippen LogP contribution in [0.3, 0.4) is 0 Å². The molecule has 0 aliphatic rings. The molecule has 96 valence electrons. The molecule has 0 radical (unpaired) electrons. The highest BCUT2D eigenvalue weighted by atomic mass is 32.2. The van der Waals surface area contributed by atoms with E-state index in [0.29, 0.717) is 5.69 Å². The number of aryl methyl sites for hydroxylation is 1. The second-order valence-corrected chi connectivity index (χ2v) is 5.70. The number of hydrogen-bond donors (Lipinski definition) is 2. The van der Waals surface area contributed by atoms with Crippen molar-refractivity contribution in [1.82, 2.24) is 14.5 Å². The fraction of sp³-hybridized carbons (Fsp3) is 0.556. The summed E-state index contributed by atoms with van der Waals surface area (Å²) in [6.07, 6.45) is 1.48. The van der Waals surface area contributed by atoms with E-state index < -0.39 is 16.0 Å². The number of sulfonamides is 1. The average molecular weight is 261 g/mol. The number of aliphatic carboxylic acids is 1. The predicted molar refractivity (Wildman–Crippen MR) is 60.0 cm³/mol. The van der Waals surface area contributed by atoms with Crippen molar-refractivity contribution >= 4 is 16.0 Å². The van der Waals surface area contributed by atoms with Crippen LogP contribution in [0.2, 0.25) is 0 Å². The number of rotatable bonds is 6. The van der Waals surface area contributed by atoms with Gasteiger partial charge in [-0.05, 0) is 13.3 Å². The van der Waals surface area contributed by atoms with Crippen LogP contribution < -0.4 is 0 Å². The third kappa shape index (κ3) is 3.27. The molecule has 0 bridgehead atoms. The summed E-state index contributed by atoms with van der Waals surface area (Å²) in [6, 6.07) is 0. The lowest BCUT2D eigenvalue weighted by Crippen LogP contribution is -2.28. The van der Waals surface area contributed by atoms with E-state index in [0.717, 1.165) is 4.31 Å². The molecule has 0 aromatic carbocycles. The molecule has 0 aliphatic heterocycles. The normalized spacial score (nSPS) is 11.9. The maximum Gasteiger partial charge on any atom is 0.303 e. The zero-order valence-electron chi connectivity index (χ0n) is 9.67. The van der Waals surface area contributed by atoms with Gasteiger partial charge in [-0.1, -0.05) is 0 Å². The van der Waals surface area contributed by atoms with Crippen molar-refractivity contribution < 1.29 is 18.3 Å². The number of H-pyrrole nitrogens is 1. The number of carboxylic acids is 1. The molecule has 0 spiro atoms. The van der Waals surface area contributed by atoms with Crippen molar-refractivity contribution in [3.63, 3.8) is 0 Å². The molecule has 0 fully saturated rings. The molecule has 0 saturated carbocycles. The van der Waals surface area contributed by atoms with Crippen molar-refractivity contribution in [2.75, 3.05) is 13.6 Å². The first-order chi connectivity index (χ1) is 7.85. The van der Waals surface area contributed by atoms with Gasteiger partial charge in [-0.25, -0.2) is 12.7 Å². The molecule has 17 heavy (non-hydrogen) atoms. The Morgan fingerprint density at radius 3 is 2.71 bits per heavy atom. The van der Waals surface area contributed by atoms with E-state index in [-0.39, 0.29) is 24.3 Å². The van der Waals surface area contributed by atoms with Crippen molar-refractivity contribution in [2.24, 2.45) is 0 Å². The van der Waals surface area contributed by atoms with Gasteiger partial charge in [0.05, 0.1) is 11.9 Å². The van der Waals surface area contributed by atoms with Crippen LogP contribution in [0.15, 0.2) is 11.1 Å². The van der Waals surface area contributed by atoms with Crippen LogP contribution in [0.25, 0.3) is 0 Å². The van der Waals surface area contributed by atoms with Crippen LogP contribution >= 0.6 is 0 Å². The number of aromatic nitrogens is 2. The van der Waals surface area contributed by atoms with Gasteiger partial charge in [0, 0.05) is 20.0 Å². The lowest BCUT2D eigenvalue weighted by Gasteiger charge is -2.15. The summed E-state index contributed by atoms with van der Waals surface area (Å²) in [7, 11) is -2.16. The first-order valence-electron chi connectivity index (χ1n) is 5.04. The van der Waals surface area contributed by atoms with Gasteiger partial charge in [-0.2, -0.15) is 5.10 Å². The van der Waals surface area contributed by atoms with E-state index in [2.05, 4.69) is 10.2 Å². The summed E-state index contributed by atoms with van der Waals surface area (Å²) in [5, 5.41) is 14.7. The molecule has 1 heterocycles. The molecule has 0 amide bonds. The summed E-state index contributed by atoms with van der Waals surface area (Å²) in [5.74, 6) is -0.935. The molecule has 0 saturated heterocycles. The van der Waals surface area contributed by atoms with E-state index >= 15 is 0 Å². The molecular formula is C9H15N3O4S. The predicted octanol–water partition coefficient (Wildman–Crippen LogP) is 0.203. The van der Waals surface area contributed by atoms with E-state index in [9.17, 15) is 13.2 Å². The molecule has 0 aliphatic carbocycles. The third-order valence-electron chi connectivity index (χ3n) is 2.34. The molecule has 0 unspecified atom stereocenters. The third-order valence-corrected chi connectivity index (χ3v) is 4.31. The zero-order chi connectivity index (χ0) is 13.1. The van der Waals surface area contributed by atoms with Crippen LogP contribution in [-0.4, -0.2) is 47.6 Å². The monoisotopic (exact) mass is 261 g/mol. The highest BCUT2D eigenvalue weighted by Crippen LogP contribution is 2.16. The lowest BCUT2D eigenvalue weighted by molar-refractivity contribution is -0.137.